The fourth-order valence-corrected chi connectivity index (χ4v) is 0.900. The van der Waals surface area contributed by atoms with Crippen LogP contribution < -0.4 is 0 Å². The summed E-state index contributed by atoms with van der Waals surface area (Å²) in [5.74, 6) is -0.951. The third-order valence-corrected chi connectivity index (χ3v) is 1.96. The van der Waals surface area contributed by atoms with Crippen LogP contribution in [0.5, 0.6) is 0 Å². The average molecular weight is 194 g/mol. The van der Waals surface area contributed by atoms with Gasteiger partial charge in [0.25, 0.3) is 0 Å². The van der Waals surface area contributed by atoms with Crippen molar-refractivity contribution in [1.82, 2.24) is 0 Å². The van der Waals surface area contributed by atoms with E-state index in [0.717, 1.165) is 5.56 Å². The highest BCUT2D eigenvalue weighted by molar-refractivity contribution is 5.76. The molecule has 0 saturated heterocycles. The fraction of sp³-hybridized carbons (Fsp3) is 0.364. The molecule has 0 unspecified atom stereocenters. The Morgan fingerprint density at radius 2 is 1.93 bits per heavy atom. The number of carbonyl (C=O) groups is 1. The Kier molecular flexibility index (Phi) is 3.25. The first-order valence-corrected chi connectivity index (χ1v) is 4.43. The van der Waals surface area contributed by atoms with Crippen molar-refractivity contribution in [2.75, 3.05) is 0 Å². The topological polar surface area (TPSA) is 46.5 Å². The molecule has 0 fully saturated rings. The van der Waals surface area contributed by atoms with Gasteiger partial charge in [0.05, 0.1) is 6.61 Å². The third-order valence-electron chi connectivity index (χ3n) is 1.96. The van der Waals surface area contributed by atoms with Crippen molar-refractivity contribution >= 4 is 5.97 Å². The predicted octanol–water partition coefficient (Wildman–Crippen LogP) is 2.07. The van der Waals surface area contributed by atoms with Gasteiger partial charge in [-0.2, -0.15) is 0 Å². The van der Waals surface area contributed by atoms with E-state index in [2.05, 4.69) is 0 Å². The minimum absolute atomic E-state index is 0.320. The normalized spacial score (nSPS) is 11.3. The van der Waals surface area contributed by atoms with Crippen LogP contribution in [0.15, 0.2) is 30.3 Å². The van der Waals surface area contributed by atoms with Crippen molar-refractivity contribution < 1.29 is 14.6 Å². The Hall–Kier alpha value is -1.35. The van der Waals surface area contributed by atoms with Crippen molar-refractivity contribution in [2.24, 2.45) is 0 Å². The molecular formula is C11H14O3. The van der Waals surface area contributed by atoms with Gasteiger partial charge in [0.2, 0.25) is 0 Å². The lowest BCUT2D eigenvalue weighted by molar-refractivity contribution is -0.162. The minimum Gasteiger partial charge on any atom is -0.479 e. The maximum absolute atomic E-state index is 10.7. The Morgan fingerprint density at radius 1 is 1.36 bits per heavy atom. The summed E-state index contributed by atoms with van der Waals surface area (Å²) in [4.78, 5) is 10.7. The largest absolute Gasteiger partial charge is 0.479 e. The molecule has 0 heterocycles. The lowest BCUT2D eigenvalue weighted by atomic mass is 10.1. The first-order chi connectivity index (χ1) is 6.52. The van der Waals surface area contributed by atoms with E-state index in [1.807, 2.05) is 30.3 Å². The Morgan fingerprint density at radius 3 is 2.43 bits per heavy atom. The highest BCUT2D eigenvalue weighted by Crippen LogP contribution is 2.12. The van der Waals surface area contributed by atoms with E-state index >= 15 is 0 Å². The maximum Gasteiger partial charge on any atom is 0.335 e. The third kappa shape index (κ3) is 2.85. The number of hydrogen-bond donors (Lipinski definition) is 1. The number of hydrogen-bond acceptors (Lipinski definition) is 2. The molecule has 0 amide bonds. The molecule has 3 heteroatoms. The molecule has 0 aromatic heterocycles. The van der Waals surface area contributed by atoms with Crippen molar-refractivity contribution in [3.63, 3.8) is 0 Å². The molecule has 0 aliphatic carbocycles. The van der Waals surface area contributed by atoms with E-state index in [1.165, 1.54) is 13.8 Å². The van der Waals surface area contributed by atoms with Crippen LogP contribution in [0.3, 0.4) is 0 Å². The zero-order valence-corrected chi connectivity index (χ0v) is 8.36. The molecule has 1 aromatic carbocycles. The Balaban J connectivity index is 2.53. The van der Waals surface area contributed by atoms with Gasteiger partial charge in [0, 0.05) is 0 Å². The molecule has 0 radical (unpaired) electrons. The average Bonchev–Trinajstić information content (AvgIpc) is 2.16. The summed E-state index contributed by atoms with van der Waals surface area (Å²) in [6.07, 6.45) is 0. The smallest absolute Gasteiger partial charge is 0.335 e. The number of carboxylic acid groups (broad SMARTS) is 1. The molecule has 0 bridgehead atoms. The van der Waals surface area contributed by atoms with E-state index < -0.39 is 11.6 Å². The van der Waals surface area contributed by atoms with Crippen molar-refractivity contribution in [3.05, 3.63) is 35.9 Å². The van der Waals surface area contributed by atoms with Gasteiger partial charge in [-0.15, -0.1) is 0 Å². The van der Waals surface area contributed by atoms with E-state index in [-0.39, 0.29) is 0 Å². The van der Waals surface area contributed by atoms with Crippen LogP contribution in [0.25, 0.3) is 0 Å². The van der Waals surface area contributed by atoms with Crippen LogP contribution in [0.2, 0.25) is 0 Å². The van der Waals surface area contributed by atoms with Crippen LogP contribution in [0, 0.1) is 0 Å². The molecule has 0 spiro atoms. The SMILES string of the molecule is CC(C)(OCc1ccccc1)C(=O)O. The van der Waals surface area contributed by atoms with Crippen LogP contribution in [0.4, 0.5) is 0 Å². The molecule has 76 valence electrons. The number of ether oxygens (including phenoxy) is 1. The summed E-state index contributed by atoms with van der Waals surface area (Å²) in [6.45, 7) is 3.40. The summed E-state index contributed by atoms with van der Waals surface area (Å²) in [5, 5.41) is 8.79. The zero-order chi connectivity index (χ0) is 10.6. The van der Waals surface area contributed by atoms with Gasteiger partial charge in [-0.25, -0.2) is 4.79 Å². The zero-order valence-electron chi connectivity index (χ0n) is 8.36. The van der Waals surface area contributed by atoms with Crippen molar-refractivity contribution in [2.45, 2.75) is 26.1 Å². The molecule has 1 N–H and O–H groups in total. The van der Waals surface area contributed by atoms with E-state index in [9.17, 15) is 4.79 Å². The second kappa shape index (κ2) is 4.24. The van der Waals surface area contributed by atoms with Gasteiger partial charge in [0.1, 0.15) is 0 Å². The van der Waals surface area contributed by atoms with Crippen LogP contribution >= 0.6 is 0 Å². The first kappa shape index (κ1) is 10.7. The number of rotatable bonds is 4. The standard InChI is InChI=1S/C11H14O3/c1-11(2,10(12)13)14-8-9-6-4-3-5-7-9/h3-7H,8H2,1-2H3,(H,12,13). The molecular weight excluding hydrogens is 180 g/mol. The maximum atomic E-state index is 10.7. The monoisotopic (exact) mass is 194 g/mol. The Labute approximate surface area is 83.3 Å². The summed E-state index contributed by atoms with van der Waals surface area (Å²) in [5.41, 5.74) is -0.155. The first-order valence-electron chi connectivity index (χ1n) is 4.43. The molecule has 0 atom stereocenters. The molecule has 3 nitrogen and oxygen atoms in total. The summed E-state index contributed by atoms with van der Waals surface area (Å²) in [6, 6.07) is 9.50. The van der Waals surface area contributed by atoms with Gasteiger partial charge >= 0.3 is 5.97 Å². The van der Waals surface area contributed by atoms with E-state index in [0.29, 0.717) is 6.61 Å². The predicted molar refractivity (Wildman–Crippen MR) is 52.9 cm³/mol. The lowest BCUT2D eigenvalue weighted by Gasteiger charge is -2.19. The van der Waals surface area contributed by atoms with Crippen LogP contribution in [-0.4, -0.2) is 16.7 Å². The van der Waals surface area contributed by atoms with E-state index in [1.54, 1.807) is 0 Å². The second-order valence-corrected chi connectivity index (χ2v) is 3.59. The Bertz CT molecular complexity index is 304. The van der Waals surface area contributed by atoms with Crippen molar-refractivity contribution in [1.29, 1.82) is 0 Å². The quantitative estimate of drug-likeness (QED) is 0.798. The molecule has 1 rings (SSSR count). The molecule has 1 aromatic rings. The van der Waals surface area contributed by atoms with Crippen LogP contribution in [0.1, 0.15) is 19.4 Å². The van der Waals surface area contributed by atoms with Gasteiger partial charge in [-0.05, 0) is 19.4 Å². The molecule has 14 heavy (non-hydrogen) atoms. The second-order valence-electron chi connectivity index (χ2n) is 3.59. The van der Waals surface area contributed by atoms with Gasteiger partial charge < -0.3 is 9.84 Å². The summed E-state index contributed by atoms with van der Waals surface area (Å²) >= 11 is 0. The number of benzene rings is 1. The molecule has 0 aliphatic rings. The molecule has 0 aliphatic heterocycles. The van der Waals surface area contributed by atoms with Gasteiger partial charge in [-0.3, -0.25) is 0 Å². The number of carboxylic acids is 1. The lowest BCUT2D eigenvalue weighted by Crippen LogP contribution is -2.34. The van der Waals surface area contributed by atoms with Crippen molar-refractivity contribution in [3.8, 4) is 0 Å². The van der Waals surface area contributed by atoms with E-state index in [4.69, 9.17) is 9.84 Å². The molecule has 0 saturated carbocycles. The minimum atomic E-state index is -1.13. The highest BCUT2D eigenvalue weighted by atomic mass is 16.5. The number of aliphatic carboxylic acids is 1. The van der Waals surface area contributed by atoms with Crippen LogP contribution in [-0.2, 0) is 16.1 Å². The van der Waals surface area contributed by atoms with Gasteiger partial charge in [-0.1, -0.05) is 30.3 Å². The highest BCUT2D eigenvalue weighted by Gasteiger charge is 2.27. The summed E-state index contributed by atoms with van der Waals surface area (Å²) in [7, 11) is 0. The van der Waals surface area contributed by atoms with Gasteiger partial charge in [0.15, 0.2) is 5.60 Å². The fourth-order valence-electron chi connectivity index (χ4n) is 0.900. The summed E-state index contributed by atoms with van der Waals surface area (Å²) < 4.78 is 5.28.